The van der Waals surface area contributed by atoms with E-state index in [2.05, 4.69) is 22.0 Å². The van der Waals surface area contributed by atoms with Crippen molar-refractivity contribution in [3.05, 3.63) is 11.7 Å². The average Bonchev–Trinajstić information content (AvgIpc) is 2.89. The second-order valence-electron chi connectivity index (χ2n) is 4.84. The Hall–Kier alpha value is -1.43. The van der Waals surface area contributed by atoms with E-state index in [1.54, 1.807) is 0 Å². The zero-order chi connectivity index (χ0) is 13.0. The van der Waals surface area contributed by atoms with Crippen molar-refractivity contribution in [2.75, 3.05) is 13.1 Å². The number of likely N-dealkylation sites (tertiary alicyclic amines) is 1. The van der Waals surface area contributed by atoms with Gasteiger partial charge >= 0.3 is 5.97 Å². The van der Waals surface area contributed by atoms with E-state index < -0.39 is 5.97 Å². The number of carbonyl (C=O) groups is 1. The molecule has 1 saturated heterocycles. The Balaban J connectivity index is 1.81. The molecule has 1 aromatic heterocycles. The maximum atomic E-state index is 10.6. The summed E-state index contributed by atoms with van der Waals surface area (Å²) in [6, 6.07) is 0. The fraction of sp³-hybridized carbons (Fsp3) is 0.750. The minimum Gasteiger partial charge on any atom is -0.481 e. The monoisotopic (exact) mass is 253 g/mol. The van der Waals surface area contributed by atoms with Crippen LogP contribution in [0.25, 0.3) is 0 Å². The second kappa shape index (κ2) is 5.95. The quantitative estimate of drug-likeness (QED) is 0.823. The van der Waals surface area contributed by atoms with Gasteiger partial charge in [-0.3, -0.25) is 9.69 Å². The molecule has 6 nitrogen and oxygen atoms in total. The molecule has 0 spiro atoms. The molecule has 2 heterocycles. The lowest BCUT2D eigenvalue weighted by Gasteiger charge is -2.12. The highest BCUT2D eigenvalue weighted by atomic mass is 16.5. The molecule has 1 atom stereocenters. The van der Waals surface area contributed by atoms with Gasteiger partial charge in [0.15, 0.2) is 5.82 Å². The largest absolute Gasteiger partial charge is 0.481 e. The third-order valence-corrected chi connectivity index (χ3v) is 3.18. The third kappa shape index (κ3) is 3.53. The van der Waals surface area contributed by atoms with Crippen LogP contribution in [0.3, 0.4) is 0 Å². The molecule has 0 radical (unpaired) electrons. The van der Waals surface area contributed by atoms with Gasteiger partial charge in [0.2, 0.25) is 5.89 Å². The molecule has 1 aromatic rings. The van der Waals surface area contributed by atoms with E-state index in [4.69, 9.17) is 9.63 Å². The van der Waals surface area contributed by atoms with E-state index in [1.165, 1.54) is 0 Å². The van der Waals surface area contributed by atoms with Crippen molar-refractivity contribution in [3.63, 3.8) is 0 Å². The summed E-state index contributed by atoms with van der Waals surface area (Å²) in [6.45, 7) is 4.42. The number of aromatic nitrogens is 2. The van der Waals surface area contributed by atoms with Gasteiger partial charge in [-0.1, -0.05) is 12.1 Å². The number of rotatable bonds is 6. The Morgan fingerprint density at radius 2 is 2.44 bits per heavy atom. The number of hydrogen-bond acceptors (Lipinski definition) is 5. The summed E-state index contributed by atoms with van der Waals surface area (Å²) in [6.07, 6.45) is 3.03. The van der Waals surface area contributed by atoms with E-state index in [9.17, 15) is 4.79 Å². The molecule has 1 aliphatic heterocycles. The Morgan fingerprint density at radius 1 is 1.61 bits per heavy atom. The van der Waals surface area contributed by atoms with E-state index in [0.29, 0.717) is 12.4 Å². The van der Waals surface area contributed by atoms with Crippen molar-refractivity contribution in [1.82, 2.24) is 15.0 Å². The number of carboxylic acids is 1. The topological polar surface area (TPSA) is 79.5 Å². The smallest absolute Gasteiger partial charge is 0.303 e. The fourth-order valence-electron chi connectivity index (χ4n) is 2.34. The van der Waals surface area contributed by atoms with Gasteiger partial charge in [-0.05, 0) is 25.3 Å². The van der Waals surface area contributed by atoms with Gasteiger partial charge in [-0.25, -0.2) is 0 Å². The summed E-state index contributed by atoms with van der Waals surface area (Å²) in [5.41, 5.74) is 0. The molecule has 2 rings (SSSR count). The van der Waals surface area contributed by atoms with Gasteiger partial charge < -0.3 is 9.63 Å². The lowest BCUT2D eigenvalue weighted by molar-refractivity contribution is -0.138. The first-order chi connectivity index (χ1) is 8.67. The predicted molar refractivity (Wildman–Crippen MR) is 63.9 cm³/mol. The lowest BCUT2D eigenvalue weighted by Crippen LogP contribution is -2.21. The lowest BCUT2D eigenvalue weighted by atomic mass is 10.1. The van der Waals surface area contributed by atoms with Gasteiger partial charge in [0.1, 0.15) is 0 Å². The van der Waals surface area contributed by atoms with E-state index in [1.807, 2.05) is 0 Å². The highest BCUT2D eigenvalue weighted by Gasteiger charge is 2.25. The Morgan fingerprint density at radius 3 is 3.17 bits per heavy atom. The second-order valence-corrected chi connectivity index (χ2v) is 4.84. The number of nitrogens with zero attached hydrogens (tertiary/aromatic N) is 3. The number of aryl methyl sites for hydroxylation is 1. The van der Waals surface area contributed by atoms with Crippen LogP contribution in [0.2, 0.25) is 0 Å². The maximum Gasteiger partial charge on any atom is 0.303 e. The molecule has 0 bridgehead atoms. The SMILES string of the molecule is CCCc1noc(CN2CCC(CC(=O)O)C2)n1. The van der Waals surface area contributed by atoms with Gasteiger partial charge in [0.25, 0.3) is 0 Å². The first-order valence-corrected chi connectivity index (χ1v) is 6.43. The molecule has 0 aromatic carbocycles. The van der Waals surface area contributed by atoms with Gasteiger partial charge in [0.05, 0.1) is 6.54 Å². The van der Waals surface area contributed by atoms with Crippen LogP contribution in [-0.4, -0.2) is 39.2 Å². The van der Waals surface area contributed by atoms with Crippen LogP contribution in [-0.2, 0) is 17.8 Å². The highest BCUT2D eigenvalue weighted by Crippen LogP contribution is 2.21. The number of aliphatic carboxylic acids is 1. The minimum absolute atomic E-state index is 0.250. The molecule has 1 N–H and O–H groups in total. The molecular weight excluding hydrogens is 234 g/mol. The van der Waals surface area contributed by atoms with E-state index in [-0.39, 0.29) is 12.3 Å². The molecule has 100 valence electrons. The average molecular weight is 253 g/mol. The van der Waals surface area contributed by atoms with Crippen molar-refractivity contribution in [3.8, 4) is 0 Å². The van der Waals surface area contributed by atoms with Crippen LogP contribution in [0.4, 0.5) is 0 Å². The van der Waals surface area contributed by atoms with Crippen molar-refractivity contribution in [2.45, 2.75) is 39.2 Å². The van der Waals surface area contributed by atoms with E-state index >= 15 is 0 Å². The Kier molecular flexibility index (Phi) is 4.30. The first-order valence-electron chi connectivity index (χ1n) is 6.43. The summed E-state index contributed by atoms with van der Waals surface area (Å²) >= 11 is 0. The van der Waals surface area contributed by atoms with Crippen LogP contribution in [0.15, 0.2) is 4.52 Å². The molecule has 1 aliphatic rings. The van der Waals surface area contributed by atoms with Crippen LogP contribution in [0, 0.1) is 5.92 Å². The van der Waals surface area contributed by atoms with Gasteiger partial charge in [0, 0.05) is 19.4 Å². The maximum absolute atomic E-state index is 10.6. The Bertz CT molecular complexity index is 405. The summed E-state index contributed by atoms with van der Waals surface area (Å²) in [7, 11) is 0. The van der Waals surface area contributed by atoms with Crippen molar-refractivity contribution < 1.29 is 14.4 Å². The molecule has 18 heavy (non-hydrogen) atoms. The van der Waals surface area contributed by atoms with Gasteiger partial charge in [-0.2, -0.15) is 4.98 Å². The molecule has 0 saturated carbocycles. The zero-order valence-electron chi connectivity index (χ0n) is 10.6. The summed E-state index contributed by atoms with van der Waals surface area (Å²) in [5.74, 6) is 0.925. The summed E-state index contributed by atoms with van der Waals surface area (Å²) < 4.78 is 5.18. The zero-order valence-corrected chi connectivity index (χ0v) is 10.6. The molecule has 1 unspecified atom stereocenters. The fourth-order valence-corrected chi connectivity index (χ4v) is 2.34. The van der Waals surface area contributed by atoms with Crippen LogP contribution < -0.4 is 0 Å². The number of hydrogen-bond donors (Lipinski definition) is 1. The molecule has 0 amide bonds. The van der Waals surface area contributed by atoms with Gasteiger partial charge in [-0.15, -0.1) is 0 Å². The number of carboxylic acid groups (broad SMARTS) is 1. The summed E-state index contributed by atoms with van der Waals surface area (Å²) in [4.78, 5) is 17.1. The summed E-state index contributed by atoms with van der Waals surface area (Å²) in [5, 5.41) is 12.7. The molecule has 1 fully saturated rings. The molecular formula is C12H19N3O3. The highest BCUT2D eigenvalue weighted by molar-refractivity contribution is 5.67. The first kappa shape index (κ1) is 13.0. The molecule has 0 aliphatic carbocycles. The van der Waals surface area contributed by atoms with Crippen molar-refractivity contribution in [2.24, 2.45) is 5.92 Å². The predicted octanol–water partition coefficient (Wildman–Crippen LogP) is 1.32. The molecule has 6 heteroatoms. The van der Waals surface area contributed by atoms with Crippen LogP contribution >= 0.6 is 0 Å². The minimum atomic E-state index is -0.718. The Labute approximate surface area is 106 Å². The van der Waals surface area contributed by atoms with Crippen molar-refractivity contribution >= 4 is 5.97 Å². The van der Waals surface area contributed by atoms with Crippen LogP contribution in [0.5, 0.6) is 0 Å². The van der Waals surface area contributed by atoms with E-state index in [0.717, 1.165) is 38.2 Å². The van der Waals surface area contributed by atoms with Crippen molar-refractivity contribution in [1.29, 1.82) is 0 Å². The van der Waals surface area contributed by atoms with Crippen LogP contribution in [0.1, 0.15) is 37.9 Å². The third-order valence-electron chi connectivity index (χ3n) is 3.18. The normalized spacial score (nSPS) is 20.4. The standard InChI is InChI=1S/C12H19N3O3/c1-2-3-10-13-11(18-14-10)8-15-5-4-9(7-15)6-12(16)17/h9H,2-8H2,1H3,(H,16,17).